The Bertz CT molecular complexity index is 1700. The van der Waals surface area contributed by atoms with Gasteiger partial charge in [0.15, 0.2) is 6.29 Å². The first-order chi connectivity index (χ1) is 32.1. The van der Waals surface area contributed by atoms with Gasteiger partial charge in [0, 0.05) is 6.42 Å². The number of hydrogen-bond donors (Lipinski definition) is 4. The summed E-state index contributed by atoms with van der Waals surface area (Å²) in [5.74, 6) is -0.489. The lowest BCUT2D eigenvalue weighted by Gasteiger charge is -2.41. The molecule has 370 valence electrons. The monoisotopic (exact) mass is 941 g/mol. The highest BCUT2D eigenvalue weighted by atomic mass is 32.3. The molecule has 1 saturated heterocycles. The molecule has 0 aromatic rings. The smallest absolute Gasteiger partial charge is 0.397 e. The average molecular weight is 941 g/mol. The molecule has 1 fully saturated rings. The van der Waals surface area contributed by atoms with Gasteiger partial charge in [0.05, 0.1) is 26.4 Å². The Labute approximate surface area is 396 Å². The Hall–Kier alpha value is -4.02. The fraction of sp³-hybridized carbons (Fsp3) is 0.528. The molecule has 0 saturated carbocycles. The summed E-state index contributed by atoms with van der Waals surface area (Å²) in [4.78, 5) is 12.9. The zero-order valence-corrected chi connectivity index (χ0v) is 40.2. The maximum absolute atomic E-state index is 12.9. The van der Waals surface area contributed by atoms with E-state index >= 15 is 0 Å². The molecule has 0 spiro atoms. The minimum Gasteiger partial charge on any atom is -0.457 e. The Balaban J connectivity index is 2.52. The lowest BCUT2D eigenvalue weighted by Crippen LogP contribution is -2.60. The summed E-state index contributed by atoms with van der Waals surface area (Å²) in [6, 6.07) is 0. The first kappa shape index (κ1) is 60.0. The van der Waals surface area contributed by atoms with E-state index in [0.29, 0.717) is 25.9 Å². The standard InChI is InChI=1S/C53H80O12S/c1-3-5-7-9-11-13-15-17-19-21-22-23-24-25-26-27-28-30-32-34-36-38-40-42-49(55)63-47(46-62-53-51(57)52(65-66(58,59)60)50(56)48(44-54)64-53)45-61-43-41-39-37-35-33-31-29-20-18-16-14-12-10-8-6-4-2/h5-8,11-14,17-20,22-23,25-26,28,30-31,33-34,36-37,39,47-48,50-54,56-57H,3-4,9-10,15-16,21,24,27,29,32,35,38,40-46H2,1-2H3,(H,58,59,60)/b7-5-,8-6-,13-11-,14-12-,19-17-,20-18-,23-22-,26-25-,30-28-,33-31-,36-34-,39-37-. The highest BCUT2D eigenvalue weighted by molar-refractivity contribution is 7.80. The van der Waals surface area contributed by atoms with Gasteiger partial charge in [-0.2, -0.15) is 8.42 Å². The molecular formula is C53H80O12S. The second-order valence-electron chi connectivity index (χ2n) is 15.2. The van der Waals surface area contributed by atoms with E-state index in [-0.39, 0.29) is 19.6 Å². The highest BCUT2D eigenvalue weighted by Gasteiger charge is 2.48. The molecule has 1 rings (SSSR count). The quantitative estimate of drug-likeness (QED) is 0.0200. The summed E-state index contributed by atoms with van der Waals surface area (Å²) >= 11 is 0. The number of unbranched alkanes of at least 4 members (excludes halogenated alkanes) is 1. The van der Waals surface area contributed by atoms with Crippen molar-refractivity contribution in [2.75, 3.05) is 26.4 Å². The summed E-state index contributed by atoms with van der Waals surface area (Å²) in [5.41, 5.74) is 0. The molecule has 6 unspecified atom stereocenters. The molecule has 13 heteroatoms. The van der Waals surface area contributed by atoms with Crippen LogP contribution in [-0.4, -0.2) is 97.5 Å². The van der Waals surface area contributed by atoms with Crippen LogP contribution in [0.3, 0.4) is 0 Å². The van der Waals surface area contributed by atoms with Crippen molar-refractivity contribution >= 4 is 16.4 Å². The molecule has 0 aliphatic carbocycles. The van der Waals surface area contributed by atoms with Crippen LogP contribution >= 0.6 is 0 Å². The Morgan fingerprint density at radius 3 is 1.36 bits per heavy atom. The normalized spacial score (nSPS) is 20.8. The van der Waals surface area contributed by atoms with Gasteiger partial charge in [-0.15, -0.1) is 0 Å². The molecule has 0 aromatic carbocycles. The van der Waals surface area contributed by atoms with Crippen LogP contribution in [0.5, 0.6) is 0 Å². The SMILES string of the molecule is CC/C=C\C/C=C\C/C=C\C/C=C\C/C=C\C/C=C\C/C=C\CCCC(=O)OC(COCC/C=C\C/C=C\C/C=C\C/C=C\C/C=C\CC)COC1OC(CO)C(O)C(OS(=O)(=O)O)C1O. The third-order valence-corrected chi connectivity index (χ3v) is 9.94. The van der Waals surface area contributed by atoms with Crippen molar-refractivity contribution in [2.45, 2.75) is 153 Å². The van der Waals surface area contributed by atoms with Gasteiger partial charge in [0.1, 0.15) is 30.5 Å². The molecule has 4 N–H and O–H groups in total. The van der Waals surface area contributed by atoms with Gasteiger partial charge >= 0.3 is 16.4 Å². The fourth-order valence-electron chi connectivity index (χ4n) is 6.02. The number of carbonyl (C=O) groups excluding carboxylic acids is 1. The summed E-state index contributed by atoms with van der Waals surface area (Å²) in [6.07, 6.45) is 54.8. The van der Waals surface area contributed by atoms with Crippen molar-refractivity contribution < 1.29 is 56.2 Å². The molecule has 6 atom stereocenters. The largest absolute Gasteiger partial charge is 0.457 e. The minimum absolute atomic E-state index is 0.0534. The molecule has 1 aliphatic rings. The van der Waals surface area contributed by atoms with Crippen molar-refractivity contribution in [3.05, 3.63) is 146 Å². The third-order valence-electron chi connectivity index (χ3n) is 9.48. The van der Waals surface area contributed by atoms with Gasteiger partial charge in [-0.3, -0.25) is 9.35 Å². The molecule has 1 aliphatic heterocycles. The zero-order chi connectivity index (χ0) is 48.2. The van der Waals surface area contributed by atoms with Crippen molar-refractivity contribution in [1.82, 2.24) is 0 Å². The summed E-state index contributed by atoms with van der Waals surface area (Å²) in [5, 5.41) is 30.7. The van der Waals surface area contributed by atoms with Gasteiger partial charge in [-0.25, -0.2) is 4.18 Å². The van der Waals surface area contributed by atoms with E-state index in [1.54, 1.807) is 0 Å². The van der Waals surface area contributed by atoms with E-state index in [0.717, 1.165) is 77.0 Å². The zero-order valence-electron chi connectivity index (χ0n) is 39.4. The second kappa shape index (κ2) is 42.3. The number of rotatable bonds is 38. The summed E-state index contributed by atoms with van der Waals surface area (Å²) in [7, 11) is -5.09. The number of carbonyl (C=O) groups is 1. The van der Waals surface area contributed by atoms with E-state index < -0.39 is 59.8 Å². The van der Waals surface area contributed by atoms with Crippen molar-refractivity contribution in [1.29, 1.82) is 0 Å². The number of esters is 1. The maximum Gasteiger partial charge on any atom is 0.397 e. The van der Waals surface area contributed by atoms with E-state index in [4.69, 9.17) is 23.5 Å². The molecule has 0 aromatic heterocycles. The van der Waals surface area contributed by atoms with E-state index in [1.165, 1.54) is 0 Å². The van der Waals surface area contributed by atoms with Gasteiger partial charge in [-0.1, -0.05) is 160 Å². The second-order valence-corrected chi connectivity index (χ2v) is 16.3. The first-order valence-electron chi connectivity index (χ1n) is 23.6. The lowest BCUT2D eigenvalue weighted by molar-refractivity contribution is -0.301. The minimum atomic E-state index is -5.09. The van der Waals surface area contributed by atoms with Crippen LogP contribution in [0.2, 0.25) is 0 Å². The highest BCUT2D eigenvalue weighted by Crippen LogP contribution is 2.26. The van der Waals surface area contributed by atoms with Crippen LogP contribution < -0.4 is 0 Å². The van der Waals surface area contributed by atoms with E-state index in [9.17, 15) is 28.5 Å². The van der Waals surface area contributed by atoms with Crippen molar-refractivity contribution in [2.24, 2.45) is 0 Å². The lowest BCUT2D eigenvalue weighted by atomic mass is 9.99. The number of allylic oxidation sites excluding steroid dienone is 23. The number of hydrogen-bond acceptors (Lipinski definition) is 11. The molecule has 12 nitrogen and oxygen atoms in total. The van der Waals surface area contributed by atoms with Crippen LogP contribution in [-0.2, 0) is 38.3 Å². The molecule has 1 heterocycles. The first-order valence-corrected chi connectivity index (χ1v) is 25.0. The molecule has 66 heavy (non-hydrogen) atoms. The van der Waals surface area contributed by atoms with Crippen LogP contribution in [0.15, 0.2) is 146 Å². The topological polar surface area (TPSA) is 178 Å². The van der Waals surface area contributed by atoms with Gasteiger partial charge in [0.2, 0.25) is 0 Å². The number of aliphatic hydroxyl groups excluding tert-OH is 3. The predicted molar refractivity (Wildman–Crippen MR) is 266 cm³/mol. The average Bonchev–Trinajstić information content (AvgIpc) is 3.29. The fourth-order valence-corrected chi connectivity index (χ4v) is 6.53. The Kier molecular flexibility index (Phi) is 38.5. The third kappa shape index (κ3) is 35.2. The Morgan fingerprint density at radius 1 is 0.576 bits per heavy atom. The van der Waals surface area contributed by atoms with Gasteiger partial charge in [0.25, 0.3) is 0 Å². The van der Waals surface area contributed by atoms with Gasteiger partial charge < -0.3 is 34.3 Å². The van der Waals surface area contributed by atoms with Crippen LogP contribution in [0, 0.1) is 0 Å². The molecule has 0 amide bonds. The van der Waals surface area contributed by atoms with Crippen molar-refractivity contribution in [3.8, 4) is 0 Å². The maximum atomic E-state index is 12.9. The molecular weight excluding hydrogens is 861 g/mol. The number of aliphatic hydroxyl groups is 3. The van der Waals surface area contributed by atoms with E-state index in [2.05, 4.69) is 140 Å². The van der Waals surface area contributed by atoms with Gasteiger partial charge in [-0.05, 0) is 96.3 Å². The predicted octanol–water partition coefficient (Wildman–Crippen LogP) is 10.5. The van der Waals surface area contributed by atoms with E-state index in [1.807, 2.05) is 24.3 Å². The van der Waals surface area contributed by atoms with Crippen molar-refractivity contribution in [3.63, 3.8) is 0 Å². The molecule has 0 bridgehead atoms. The van der Waals surface area contributed by atoms with Crippen LogP contribution in [0.1, 0.15) is 117 Å². The Morgan fingerprint density at radius 2 is 0.970 bits per heavy atom. The van der Waals surface area contributed by atoms with Crippen LogP contribution in [0.4, 0.5) is 0 Å². The van der Waals surface area contributed by atoms with Crippen LogP contribution in [0.25, 0.3) is 0 Å². The number of ether oxygens (including phenoxy) is 4. The summed E-state index contributed by atoms with van der Waals surface area (Å²) in [6.45, 7) is 3.42. The summed E-state index contributed by atoms with van der Waals surface area (Å²) < 4.78 is 58.9. The molecule has 0 radical (unpaired) electrons.